The van der Waals surface area contributed by atoms with Crippen LogP contribution in [0, 0.1) is 0 Å². The number of nitrogen functional groups attached to an aromatic ring is 1. The van der Waals surface area contributed by atoms with Gasteiger partial charge in [-0.2, -0.15) is 0 Å². The molecule has 0 spiro atoms. The normalized spacial score (nSPS) is 11.2. The first-order valence-electron chi connectivity index (χ1n) is 6.92. The van der Waals surface area contributed by atoms with Gasteiger partial charge in [-0.3, -0.25) is 20.5 Å². The highest BCUT2D eigenvalue weighted by molar-refractivity contribution is 5.99. The quantitative estimate of drug-likeness (QED) is 0.516. The molecule has 20 heavy (non-hydrogen) atoms. The lowest BCUT2D eigenvalue weighted by Crippen LogP contribution is -2.42. The molecular formula is C14H25N5O. The lowest BCUT2D eigenvalue weighted by atomic mass is 10.2. The number of nitrogens with two attached hydrogens (primary N) is 1. The average Bonchev–Trinajstić information content (AvgIpc) is 2.42. The van der Waals surface area contributed by atoms with Crippen molar-refractivity contribution in [2.75, 3.05) is 18.5 Å². The molecule has 1 amide bonds. The molecule has 6 nitrogen and oxygen atoms in total. The number of amides is 1. The molecule has 4 N–H and O–H groups in total. The highest BCUT2D eigenvalue weighted by Gasteiger charge is 2.14. The summed E-state index contributed by atoms with van der Waals surface area (Å²) in [6.07, 6.45) is 3.10. The van der Waals surface area contributed by atoms with Gasteiger partial charge in [-0.15, -0.1) is 0 Å². The first-order valence-corrected chi connectivity index (χ1v) is 6.92. The number of carbonyl (C=O) groups is 1. The van der Waals surface area contributed by atoms with Crippen LogP contribution in [0.2, 0.25) is 0 Å². The van der Waals surface area contributed by atoms with Crippen LogP contribution in [0.1, 0.15) is 38.1 Å². The van der Waals surface area contributed by atoms with Crippen LogP contribution < -0.4 is 16.6 Å². The van der Waals surface area contributed by atoms with E-state index in [1.54, 1.807) is 12.3 Å². The Morgan fingerprint density at radius 1 is 1.35 bits per heavy atom. The van der Waals surface area contributed by atoms with E-state index in [4.69, 9.17) is 5.84 Å². The van der Waals surface area contributed by atoms with E-state index in [0.717, 1.165) is 6.54 Å². The van der Waals surface area contributed by atoms with E-state index in [1.165, 1.54) is 6.20 Å². The first-order chi connectivity index (χ1) is 9.47. The maximum atomic E-state index is 12.1. The molecule has 0 saturated heterocycles. The SMILES string of the molecule is CC(C)N(CCNC(=O)c1cnccc1NN)C(C)C. The summed E-state index contributed by atoms with van der Waals surface area (Å²) in [5.41, 5.74) is 3.53. The second-order valence-corrected chi connectivity index (χ2v) is 5.25. The number of aromatic nitrogens is 1. The number of nitrogens with one attached hydrogen (secondary N) is 2. The van der Waals surface area contributed by atoms with Gasteiger partial charge in [0.15, 0.2) is 0 Å². The molecule has 1 aromatic rings. The Hall–Kier alpha value is -1.66. The fraction of sp³-hybridized carbons (Fsp3) is 0.571. The maximum Gasteiger partial charge on any atom is 0.255 e. The molecule has 0 aliphatic heterocycles. The van der Waals surface area contributed by atoms with E-state index in [0.29, 0.717) is 29.9 Å². The fourth-order valence-corrected chi connectivity index (χ4v) is 2.21. The van der Waals surface area contributed by atoms with E-state index in [-0.39, 0.29) is 5.91 Å². The molecule has 0 aromatic carbocycles. The zero-order chi connectivity index (χ0) is 15.1. The Bertz CT molecular complexity index is 425. The van der Waals surface area contributed by atoms with E-state index >= 15 is 0 Å². The van der Waals surface area contributed by atoms with Crippen LogP contribution in [-0.4, -0.2) is 41.0 Å². The minimum Gasteiger partial charge on any atom is -0.351 e. The molecule has 0 radical (unpaired) electrons. The van der Waals surface area contributed by atoms with Crippen molar-refractivity contribution in [3.8, 4) is 0 Å². The molecule has 0 fully saturated rings. The number of nitrogens with zero attached hydrogens (tertiary/aromatic N) is 2. The zero-order valence-electron chi connectivity index (χ0n) is 12.7. The summed E-state index contributed by atoms with van der Waals surface area (Å²) in [7, 11) is 0. The Balaban J connectivity index is 2.55. The predicted octanol–water partition coefficient (Wildman–Crippen LogP) is 1.22. The van der Waals surface area contributed by atoms with E-state index < -0.39 is 0 Å². The lowest BCUT2D eigenvalue weighted by Gasteiger charge is -2.30. The molecule has 0 aliphatic carbocycles. The topological polar surface area (TPSA) is 83.3 Å². The van der Waals surface area contributed by atoms with Crippen molar-refractivity contribution in [2.24, 2.45) is 5.84 Å². The Kier molecular flexibility index (Phi) is 6.41. The van der Waals surface area contributed by atoms with Gasteiger partial charge in [0, 0.05) is 37.6 Å². The highest BCUT2D eigenvalue weighted by Crippen LogP contribution is 2.11. The number of hydrogen-bond acceptors (Lipinski definition) is 5. The Labute approximate surface area is 120 Å². The van der Waals surface area contributed by atoms with Crippen LogP contribution in [0.25, 0.3) is 0 Å². The van der Waals surface area contributed by atoms with Crippen molar-refractivity contribution in [2.45, 2.75) is 39.8 Å². The van der Waals surface area contributed by atoms with Crippen LogP contribution >= 0.6 is 0 Å². The van der Waals surface area contributed by atoms with E-state index in [2.05, 4.69) is 48.3 Å². The van der Waals surface area contributed by atoms with Gasteiger partial charge in [-0.05, 0) is 33.8 Å². The summed E-state index contributed by atoms with van der Waals surface area (Å²) in [4.78, 5) is 18.4. The minimum absolute atomic E-state index is 0.168. The van der Waals surface area contributed by atoms with Gasteiger partial charge >= 0.3 is 0 Å². The van der Waals surface area contributed by atoms with E-state index in [1.807, 2.05) is 0 Å². The molecule has 1 rings (SSSR count). The third-order valence-electron chi connectivity index (χ3n) is 3.20. The minimum atomic E-state index is -0.168. The van der Waals surface area contributed by atoms with Crippen LogP contribution in [0.3, 0.4) is 0 Å². The third-order valence-corrected chi connectivity index (χ3v) is 3.20. The van der Waals surface area contributed by atoms with Gasteiger partial charge in [-0.25, -0.2) is 0 Å². The fourth-order valence-electron chi connectivity index (χ4n) is 2.21. The number of anilines is 1. The number of hydrazine groups is 1. The number of pyridine rings is 1. The molecule has 6 heteroatoms. The molecule has 1 aromatic heterocycles. The van der Waals surface area contributed by atoms with Crippen LogP contribution in [0.15, 0.2) is 18.5 Å². The second-order valence-electron chi connectivity index (χ2n) is 5.25. The molecule has 0 saturated carbocycles. The largest absolute Gasteiger partial charge is 0.351 e. The standard InChI is InChI=1S/C14H25N5O/c1-10(2)19(11(3)4)8-7-17-14(20)12-9-16-6-5-13(12)18-15/h5-6,9-11H,7-8,15H2,1-4H3,(H,16,18)(H,17,20). The molecule has 0 aliphatic rings. The summed E-state index contributed by atoms with van der Waals surface area (Å²) in [5.74, 6) is 5.21. The van der Waals surface area contributed by atoms with Crippen molar-refractivity contribution in [1.29, 1.82) is 0 Å². The smallest absolute Gasteiger partial charge is 0.255 e. The summed E-state index contributed by atoms with van der Waals surface area (Å²) in [6.45, 7) is 10.0. The Morgan fingerprint density at radius 2 is 2.00 bits per heavy atom. The van der Waals surface area contributed by atoms with Gasteiger partial charge in [0.25, 0.3) is 5.91 Å². The molecule has 1 heterocycles. The summed E-state index contributed by atoms with van der Waals surface area (Å²) < 4.78 is 0. The van der Waals surface area contributed by atoms with Crippen LogP contribution in [0.4, 0.5) is 5.69 Å². The number of hydrogen-bond donors (Lipinski definition) is 3. The monoisotopic (exact) mass is 279 g/mol. The van der Waals surface area contributed by atoms with Gasteiger partial charge in [0.05, 0.1) is 11.3 Å². The van der Waals surface area contributed by atoms with Gasteiger partial charge in [0.2, 0.25) is 0 Å². The summed E-state index contributed by atoms with van der Waals surface area (Å²) in [5, 5.41) is 2.90. The summed E-state index contributed by atoms with van der Waals surface area (Å²) >= 11 is 0. The van der Waals surface area contributed by atoms with Crippen LogP contribution in [-0.2, 0) is 0 Å². The Morgan fingerprint density at radius 3 is 2.55 bits per heavy atom. The number of carbonyl (C=O) groups excluding carboxylic acids is 1. The molecular weight excluding hydrogens is 254 g/mol. The first kappa shape index (κ1) is 16.4. The van der Waals surface area contributed by atoms with Gasteiger partial charge < -0.3 is 10.7 Å². The van der Waals surface area contributed by atoms with Crippen LogP contribution in [0.5, 0.6) is 0 Å². The van der Waals surface area contributed by atoms with Crippen molar-refractivity contribution in [3.05, 3.63) is 24.0 Å². The lowest BCUT2D eigenvalue weighted by molar-refractivity contribution is 0.0940. The van der Waals surface area contributed by atoms with Gasteiger partial charge in [0.1, 0.15) is 0 Å². The average molecular weight is 279 g/mol. The number of rotatable bonds is 7. The second kappa shape index (κ2) is 7.81. The van der Waals surface area contributed by atoms with Crippen molar-refractivity contribution >= 4 is 11.6 Å². The molecule has 112 valence electrons. The zero-order valence-corrected chi connectivity index (χ0v) is 12.7. The van der Waals surface area contributed by atoms with Crippen molar-refractivity contribution in [1.82, 2.24) is 15.2 Å². The maximum absolute atomic E-state index is 12.1. The van der Waals surface area contributed by atoms with E-state index in [9.17, 15) is 4.79 Å². The third kappa shape index (κ3) is 4.47. The van der Waals surface area contributed by atoms with Gasteiger partial charge in [-0.1, -0.05) is 0 Å². The molecule has 0 bridgehead atoms. The molecule has 0 atom stereocenters. The highest BCUT2D eigenvalue weighted by atomic mass is 16.1. The molecule has 0 unspecified atom stereocenters. The van der Waals surface area contributed by atoms with Crippen molar-refractivity contribution in [3.63, 3.8) is 0 Å². The summed E-state index contributed by atoms with van der Waals surface area (Å²) in [6, 6.07) is 2.57. The predicted molar refractivity (Wildman–Crippen MR) is 81.4 cm³/mol. The van der Waals surface area contributed by atoms with Crippen molar-refractivity contribution < 1.29 is 4.79 Å².